The molecule has 2 heterocycles. The van der Waals surface area contributed by atoms with Gasteiger partial charge < -0.3 is 15.2 Å². The zero-order valence-electron chi connectivity index (χ0n) is 13.4. The van der Waals surface area contributed by atoms with Crippen molar-refractivity contribution < 1.29 is 14.3 Å². The van der Waals surface area contributed by atoms with Crippen molar-refractivity contribution in [2.45, 2.75) is 0 Å². The molecule has 3 aromatic rings. The van der Waals surface area contributed by atoms with Crippen molar-refractivity contribution in [2.24, 2.45) is 5.73 Å². The van der Waals surface area contributed by atoms with Crippen LogP contribution in [0.3, 0.4) is 0 Å². The van der Waals surface area contributed by atoms with Gasteiger partial charge in [0.2, 0.25) is 5.91 Å². The summed E-state index contributed by atoms with van der Waals surface area (Å²) in [6, 6.07) is 11.3. The third kappa shape index (κ3) is 2.81. The molecule has 0 bridgehead atoms. The number of pyridine rings is 1. The quantitative estimate of drug-likeness (QED) is 0.732. The van der Waals surface area contributed by atoms with E-state index in [-0.39, 0.29) is 0 Å². The van der Waals surface area contributed by atoms with Crippen LogP contribution in [0.4, 0.5) is 0 Å². The Morgan fingerprint density at radius 3 is 2.67 bits per heavy atom. The van der Waals surface area contributed by atoms with Crippen LogP contribution in [0.5, 0.6) is 11.5 Å². The van der Waals surface area contributed by atoms with Crippen molar-refractivity contribution in [1.82, 2.24) is 9.38 Å². The largest absolute Gasteiger partial charge is 0.493 e. The molecule has 6 nitrogen and oxygen atoms in total. The van der Waals surface area contributed by atoms with Gasteiger partial charge in [-0.25, -0.2) is 4.98 Å². The molecule has 24 heavy (non-hydrogen) atoms. The van der Waals surface area contributed by atoms with Crippen LogP contribution in [0.2, 0.25) is 0 Å². The van der Waals surface area contributed by atoms with E-state index < -0.39 is 5.91 Å². The fourth-order valence-electron chi connectivity index (χ4n) is 2.53. The number of benzene rings is 1. The summed E-state index contributed by atoms with van der Waals surface area (Å²) in [5, 5.41) is 0. The van der Waals surface area contributed by atoms with Crippen molar-refractivity contribution in [3.8, 4) is 22.8 Å². The maximum Gasteiger partial charge on any atom is 0.241 e. The lowest BCUT2D eigenvalue weighted by atomic mass is 10.1. The van der Waals surface area contributed by atoms with Gasteiger partial charge in [-0.2, -0.15) is 0 Å². The number of nitrogens with zero attached hydrogens (tertiary/aromatic N) is 2. The predicted molar refractivity (Wildman–Crippen MR) is 92.0 cm³/mol. The van der Waals surface area contributed by atoms with Crippen LogP contribution in [0.25, 0.3) is 23.0 Å². The number of methoxy groups -OCH3 is 2. The van der Waals surface area contributed by atoms with Gasteiger partial charge in [-0.3, -0.25) is 9.20 Å². The molecule has 6 heteroatoms. The fourth-order valence-corrected chi connectivity index (χ4v) is 2.53. The molecule has 0 fully saturated rings. The first-order valence-corrected chi connectivity index (χ1v) is 7.31. The smallest absolute Gasteiger partial charge is 0.241 e. The van der Waals surface area contributed by atoms with Gasteiger partial charge in [0, 0.05) is 17.8 Å². The normalized spacial score (nSPS) is 11.1. The Kier molecular flexibility index (Phi) is 4.20. The van der Waals surface area contributed by atoms with E-state index in [9.17, 15) is 4.79 Å². The number of rotatable bonds is 5. The molecule has 0 saturated carbocycles. The van der Waals surface area contributed by atoms with Gasteiger partial charge in [-0.15, -0.1) is 0 Å². The van der Waals surface area contributed by atoms with Crippen LogP contribution >= 0.6 is 0 Å². The molecule has 122 valence electrons. The zero-order valence-corrected chi connectivity index (χ0v) is 13.4. The van der Waals surface area contributed by atoms with E-state index in [0.717, 1.165) is 22.6 Å². The lowest BCUT2D eigenvalue weighted by Crippen LogP contribution is -2.05. The molecule has 0 saturated heterocycles. The number of carbonyl (C=O) groups excluding carboxylic acids is 1. The summed E-state index contributed by atoms with van der Waals surface area (Å²) in [5.41, 5.74) is 8.33. The van der Waals surface area contributed by atoms with Crippen molar-refractivity contribution in [1.29, 1.82) is 0 Å². The van der Waals surface area contributed by atoms with Gasteiger partial charge in [0.15, 0.2) is 11.5 Å². The monoisotopic (exact) mass is 323 g/mol. The first-order chi connectivity index (χ1) is 11.6. The molecule has 0 atom stereocenters. The molecule has 1 amide bonds. The van der Waals surface area contributed by atoms with Crippen molar-refractivity contribution in [2.75, 3.05) is 14.2 Å². The summed E-state index contributed by atoms with van der Waals surface area (Å²) in [6.07, 6.45) is 4.86. The number of fused-ring (bicyclic) bond motifs is 1. The Labute approximate surface area is 139 Å². The second kappa shape index (κ2) is 6.45. The second-order valence-corrected chi connectivity index (χ2v) is 5.08. The van der Waals surface area contributed by atoms with E-state index in [1.165, 1.54) is 6.08 Å². The molecular weight excluding hydrogens is 306 g/mol. The van der Waals surface area contributed by atoms with Crippen LogP contribution in [-0.2, 0) is 4.79 Å². The molecule has 2 aromatic heterocycles. The minimum Gasteiger partial charge on any atom is -0.493 e. The van der Waals surface area contributed by atoms with Gasteiger partial charge in [-0.05, 0) is 36.4 Å². The maximum atomic E-state index is 11.1. The number of imidazole rings is 1. The summed E-state index contributed by atoms with van der Waals surface area (Å²) in [5.74, 6) is 0.732. The molecule has 0 radical (unpaired) electrons. The summed E-state index contributed by atoms with van der Waals surface area (Å²) >= 11 is 0. The van der Waals surface area contributed by atoms with Crippen LogP contribution in [0.15, 0.2) is 48.7 Å². The predicted octanol–water partition coefficient (Wildman–Crippen LogP) is 2.52. The highest BCUT2D eigenvalue weighted by atomic mass is 16.5. The molecule has 2 N–H and O–H groups in total. The van der Waals surface area contributed by atoms with E-state index in [0.29, 0.717) is 11.5 Å². The molecule has 0 aliphatic rings. The Morgan fingerprint density at radius 1 is 1.17 bits per heavy atom. The number of primary amides is 1. The lowest BCUT2D eigenvalue weighted by Gasteiger charge is -2.09. The average molecular weight is 323 g/mol. The first-order valence-electron chi connectivity index (χ1n) is 7.31. The summed E-state index contributed by atoms with van der Waals surface area (Å²) < 4.78 is 12.5. The van der Waals surface area contributed by atoms with Gasteiger partial charge in [0.05, 0.1) is 25.6 Å². The van der Waals surface area contributed by atoms with Crippen LogP contribution in [-0.4, -0.2) is 29.5 Å². The van der Waals surface area contributed by atoms with E-state index in [2.05, 4.69) is 4.98 Å². The Bertz CT molecular complexity index is 928. The van der Waals surface area contributed by atoms with Crippen LogP contribution < -0.4 is 15.2 Å². The van der Waals surface area contributed by atoms with Crippen molar-refractivity contribution >= 4 is 17.6 Å². The highest BCUT2D eigenvalue weighted by Crippen LogP contribution is 2.34. The third-order valence-corrected chi connectivity index (χ3v) is 3.63. The molecular formula is C18H17N3O3. The van der Waals surface area contributed by atoms with Crippen LogP contribution in [0, 0.1) is 0 Å². The minimum absolute atomic E-state index is 0.515. The SMILES string of the molecule is COc1ccc(-c2nc3ccccn3c2/C=C/C(N)=O)cc1OC. The average Bonchev–Trinajstić information content (AvgIpc) is 2.97. The van der Waals surface area contributed by atoms with Gasteiger partial charge in [-0.1, -0.05) is 6.07 Å². The standard InChI is InChI=1S/C18H17N3O3/c1-23-14-8-6-12(11-15(14)24-2)18-13(7-9-16(19)22)21-10-4-3-5-17(21)20-18/h3-11H,1-2H3,(H2,19,22)/b9-7+. The number of carbonyl (C=O) groups is 1. The number of amides is 1. The van der Waals surface area contributed by atoms with E-state index in [1.807, 2.05) is 47.0 Å². The maximum absolute atomic E-state index is 11.1. The van der Waals surface area contributed by atoms with Gasteiger partial charge in [0.25, 0.3) is 0 Å². The number of aromatic nitrogens is 2. The number of nitrogens with two attached hydrogens (primary N) is 1. The minimum atomic E-state index is -0.515. The van der Waals surface area contributed by atoms with E-state index in [4.69, 9.17) is 15.2 Å². The summed E-state index contributed by atoms with van der Waals surface area (Å²) in [6.45, 7) is 0. The van der Waals surface area contributed by atoms with Crippen molar-refractivity contribution in [3.63, 3.8) is 0 Å². The molecule has 1 aromatic carbocycles. The van der Waals surface area contributed by atoms with Crippen molar-refractivity contribution in [3.05, 3.63) is 54.4 Å². The summed E-state index contributed by atoms with van der Waals surface area (Å²) in [4.78, 5) is 15.8. The Balaban J connectivity index is 2.22. The number of hydrogen-bond acceptors (Lipinski definition) is 4. The fraction of sp³-hybridized carbons (Fsp3) is 0.111. The lowest BCUT2D eigenvalue weighted by molar-refractivity contribution is -0.113. The topological polar surface area (TPSA) is 78.9 Å². The first kappa shape index (κ1) is 15.6. The zero-order chi connectivity index (χ0) is 17.1. The second-order valence-electron chi connectivity index (χ2n) is 5.08. The highest BCUT2D eigenvalue weighted by molar-refractivity contribution is 5.91. The van der Waals surface area contributed by atoms with E-state index in [1.54, 1.807) is 20.3 Å². The molecule has 3 rings (SSSR count). The summed E-state index contributed by atoms with van der Waals surface area (Å²) in [7, 11) is 3.17. The molecule has 0 spiro atoms. The Morgan fingerprint density at radius 2 is 1.96 bits per heavy atom. The van der Waals surface area contributed by atoms with E-state index >= 15 is 0 Å². The van der Waals surface area contributed by atoms with Crippen LogP contribution in [0.1, 0.15) is 5.69 Å². The number of hydrogen-bond donors (Lipinski definition) is 1. The molecule has 0 unspecified atom stereocenters. The van der Waals surface area contributed by atoms with Gasteiger partial charge in [0.1, 0.15) is 5.65 Å². The number of ether oxygens (including phenoxy) is 2. The Hall–Kier alpha value is -3.28. The van der Waals surface area contributed by atoms with Gasteiger partial charge >= 0.3 is 0 Å². The highest BCUT2D eigenvalue weighted by Gasteiger charge is 2.14. The molecule has 0 aliphatic heterocycles. The third-order valence-electron chi connectivity index (χ3n) is 3.63. The molecule has 0 aliphatic carbocycles.